The molecule has 0 bridgehead atoms. The lowest BCUT2D eigenvalue weighted by Crippen LogP contribution is -2.30. The Kier molecular flexibility index (Phi) is 6.29. The lowest BCUT2D eigenvalue weighted by Gasteiger charge is -2.42. The molecule has 31 heavy (non-hydrogen) atoms. The Labute approximate surface area is 190 Å². The third-order valence-corrected chi connectivity index (χ3v) is 7.92. The highest BCUT2D eigenvalue weighted by Crippen LogP contribution is 2.62. The Balaban J connectivity index is 1.92. The molecule has 0 nitrogen and oxygen atoms in total. The summed E-state index contributed by atoms with van der Waals surface area (Å²) in [5, 5.41) is 0. The first kappa shape index (κ1) is 22.1. The van der Waals surface area contributed by atoms with E-state index in [0.29, 0.717) is 11.8 Å². The minimum Gasteiger partial charge on any atom is -0.0651 e. The van der Waals surface area contributed by atoms with Crippen molar-refractivity contribution in [2.24, 2.45) is 5.41 Å². The van der Waals surface area contributed by atoms with Gasteiger partial charge in [-0.05, 0) is 64.5 Å². The van der Waals surface area contributed by atoms with Crippen molar-refractivity contribution < 1.29 is 0 Å². The Morgan fingerprint density at radius 2 is 1.00 bits per heavy atom. The maximum absolute atomic E-state index is 2.56. The number of rotatable bonds is 8. The SMILES string of the molecule is CCCC1=C(CC)C(C(C)(C)C2C(CC)=C(CCC)c3ccccc32)c2ccccc21. The van der Waals surface area contributed by atoms with Gasteiger partial charge < -0.3 is 0 Å². The van der Waals surface area contributed by atoms with Crippen molar-refractivity contribution in [3.05, 3.63) is 81.9 Å². The van der Waals surface area contributed by atoms with Crippen LogP contribution in [0.3, 0.4) is 0 Å². The topological polar surface area (TPSA) is 0 Å². The van der Waals surface area contributed by atoms with Gasteiger partial charge in [-0.1, -0.05) is 114 Å². The Bertz CT molecular complexity index is 932. The van der Waals surface area contributed by atoms with Crippen molar-refractivity contribution in [2.75, 3.05) is 0 Å². The fourth-order valence-corrected chi connectivity index (χ4v) is 6.91. The largest absolute Gasteiger partial charge is 0.0651 e. The van der Waals surface area contributed by atoms with E-state index in [9.17, 15) is 0 Å². The standard InChI is InChI=1S/C31H40/c1-7-15-23-21(9-3)29(27-19-13-11-17-25(23)27)31(5,6)30-22(10-4)24(16-8-2)26-18-12-14-20-28(26)30/h11-14,17-20,29-30H,7-10,15-16H2,1-6H3. The molecule has 0 heteroatoms. The van der Waals surface area contributed by atoms with Gasteiger partial charge in [-0.25, -0.2) is 0 Å². The highest BCUT2D eigenvalue weighted by Gasteiger charge is 2.48. The average molecular weight is 413 g/mol. The predicted octanol–water partition coefficient (Wildman–Crippen LogP) is 9.53. The van der Waals surface area contributed by atoms with Crippen LogP contribution in [0, 0.1) is 5.41 Å². The van der Waals surface area contributed by atoms with Crippen molar-refractivity contribution in [3.8, 4) is 0 Å². The van der Waals surface area contributed by atoms with Gasteiger partial charge in [0, 0.05) is 11.8 Å². The van der Waals surface area contributed by atoms with E-state index in [1.165, 1.54) is 36.8 Å². The Morgan fingerprint density at radius 1 is 0.613 bits per heavy atom. The van der Waals surface area contributed by atoms with E-state index in [4.69, 9.17) is 0 Å². The van der Waals surface area contributed by atoms with Gasteiger partial charge in [0.15, 0.2) is 0 Å². The summed E-state index contributed by atoms with van der Waals surface area (Å²) in [6.45, 7) is 14.5. The smallest absolute Gasteiger partial charge is 0.0120 e. The average Bonchev–Trinajstić information content (AvgIpc) is 3.28. The van der Waals surface area contributed by atoms with Gasteiger partial charge in [-0.15, -0.1) is 0 Å². The molecule has 0 radical (unpaired) electrons. The normalized spacial score (nSPS) is 20.5. The molecule has 0 heterocycles. The zero-order chi connectivity index (χ0) is 22.2. The molecule has 164 valence electrons. The second-order valence-electron chi connectivity index (χ2n) is 10.1. The summed E-state index contributed by atoms with van der Waals surface area (Å²) in [5.41, 5.74) is 13.0. The maximum atomic E-state index is 2.56. The minimum atomic E-state index is 0.133. The molecule has 2 aliphatic rings. The molecule has 0 aromatic heterocycles. The van der Waals surface area contributed by atoms with Crippen molar-refractivity contribution >= 4 is 11.1 Å². The molecule has 4 rings (SSSR count). The Morgan fingerprint density at radius 3 is 1.35 bits per heavy atom. The van der Waals surface area contributed by atoms with Gasteiger partial charge in [0.05, 0.1) is 0 Å². The van der Waals surface area contributed by atoms with E-state index in [1.54, 1.807) is 33.4 Å². The number of benzene rings is 2. The van der Waals surface area contributed by atoms with Crippen molar-refractivity contribution in [1.82, 2.24) is 0 Å². The van der Waals surface area contributed by atoms with Crippen LogP contribution in [0.25, 0.3) is 11.1 Å². The molecule has 0 amide bonds. The fourth-order valence-electron chi connectivity index (χ4n) is 6.91. The third-order valence-electron chi connectivity index (χ3n) is 7.92. The summed E-state index contributed by atoms with van der Waals surface area (Å²) < 4.78 is 0. The van der Waals surface area contributed by atoms with Gasteiger partial charge in [-0.2, -0.15) is 0 Å². The summed E-state index contributed by atoms with van der Waals surface area (Å²) in [7, 11) is 0. The summed E-state index contributed by atoms with van der Waals surface area (Å²) in [4.78, 5) is 0. The Hall–Kier alpha value is -2.08. The molecule has 2 aliphatic carbocycles. The molecule has 2 aromatic rings. The van der Waals surface area contributed by atoms with Crippen molar-refractivity contribution in [2.45, 2.75) is 91.9 Å². The molecule has 2 aromatic carbocycles. The second kappa shape index (κ2) is 8.81. The number of hydrogen-bond acceptors (Lipinski definition) is 0. The van der Waals surface area contributed by atoms with Gasteiger partial charge in [0.25, 0.3) is 0 Å². The van der Waals surface area contributed by atoms with Crippen LogP contribution in [0.5, 0.6) is 0 Å². The fraction of sp³-hybridized carbons (Fsp3) is 0.484. The van der Waals surface area contributed by atoms with E-state index >= 15 is 0 Å². The monoisotopic (exact) mass is 412 g/mol. The van der Waals surface area contributed by atoms with Crippen LogP contribution >= 0.6 is 0 Å². The molecular weight excluding hydrogens is 372 g/mol. The molecule has 0 saturated heterocycles. The van der Waals surface area contributed by atoms with E-state index in [-0.39, 0.29) is 5.41 Å². The molecule has 2 unspecified atom stereocenters. The molecule has 0 fully saturated rings. The van der Waals surface area contributed by atoms with Gasteiger partial charge in [0.1, 0.15) is 0 Å². The zero-order valence-electron chi connectivity index (χ0n) is 20.5. The zero-order valence-corrected chi connectivity index (χ0v) is 20.5. The van der Waals surface area contributed by atoms with Gasteiger partial charge in [-0.3, -0.25) is 0 Å². The first-order valence-electron chi connectivity index (χ1n) is 12.6. The van der Waals surface area contributed by atoms with Crippen LogP contribution in [0.15, 0.2) is 59.7 Å². The second-order valence-corrected chi connectivity index (χ2v) is 10.1. The van der Waals surface area contributed by atoms with Crippen molar-refractivity contribution in [1.29, 1.82) is 0 Å². The summed E-state index contributed by atoms with van der Waals surface area (Å²) in [6, 6.07) is 18.6. The lowest BCUT2D eigenvalue weighted by atomic mass is 9.61. The number of allylic oxidation sites excluding steroid dienone is 4. The molecule has 2 atom stereocenters. The predicted molar refractivity (Wildman–Crippen MR) is 136 cm³/mol. The van der Waals surface area contributed by atoms with Crippen LogP contribution in [-0.2, 0) is 0 Å². The van der Waals surface area contributed by atoms with E-state index in [2.05, 4.69) is 90.1 Å². The van der Waals surface area contributed by atoms with Crippen molar-refractivity contribution in [3.63, 3.8) is 0 Å². The maximum Gasteiger partial charge on any atom is 0.0120 e. The molecule has 0 saturated carbocycles. The highest BCUT2D eigenvalue weighted by molar-refractivity contribution is 5.81. The van der Waals surface area contributed by atoms with Gasteiger partial charge in [0.2, 0.25) is 0 Å². The summed E-state index contributed by atoms with van der Waals surface area (Å²) in [6.07, 6.45) is 7.14. The van der Waals surface area contributed by atoms with Gasteiger partial charge >= 0.3 is 0 Å². The third kappa shape index (κ3) is 3.43. The van der Waals surface area contributed by atoms with Crippen LogP contribution in [-0.4, -0.2) is 0 Å². The first-order valence-corrected chi connectivity index (χ1v) is 12.6. The van der Waals surface area contributed by atoms with Crippen LogP contribution in [0.2, 0.25) is 0 Å². The lowest BCUT2D eigenvalue weighted by molar-refractivity contribution is 0.269. The quantitative estimate of drug-likeness (QED) is 0.405. The molecule has 0 aliphatic heterocycles. The molecule has 0 N–H and O–H groups in total. The first-order chi connectivity index (χ1) is 15.0. The van der Waals surface area contributed by atoms with Crippen LogP contribution in [0.1, 0.15) is 114 Å². The van der Waals surface area contributed by atoms with E-state index in [1.807, 2.05) is 0 Å². The van der Waals surface area contributed by atoms with Crippen LogP contribution < -0.4 is 0 Å². The van der Waals surface area contributed by atoms with E-state index < -0.39 is 0 Å². The number of fused-ring (bicyclic) bond motifs is 2. The summed E-state index contributed by atoms with van der Waals surface area (Å²) in [5.74, 6) is 0.992. The van der Waals surface area contributed by atoms with E-state index in [0.717, 1.165) is 12.8 Å². The molecular formula is C31H40. The number of hydrogen-bond donors (Lipinski definition) is 0. The molecule has 0 spiro atoms. The minimum absolute atomic E-state index is 0.133. The van der Waals surface area contributed by atoms with Crippen LogP contribution in [0.4, 0.5) is 0 Å². The highest BCUT2D eigenvalue weighted by atomic mass is 14.5. The summed E-state index contributed by atoms with van der Waals surface area (Å²) >= 11 is 0.